The number of nitrogens with one attached hydrogen (secondary N) is 1. The lowest BCUT2D eigenvalue weighted by Crippen LogP contribution is -2.08. The van der Waals surface area contributed by atoms with Crippen molar-refractivity contribution in [1.29, 1.82) is 5.26 Å². The second-order valence-electron chi connectivity index (χ2n) is 2.84. The molecule has 74 valence electrons. The molecular formula is C10H7ClN4. The molecule has 5 heteroatoms. The van der Waals surface area contributed by atoms with Crippen LogP contribution in [-0.2, 0) is 0 Å². The van der Waals surface area contributed by atoms with Crippen LogP contribution in [-0.4, -0.2) is 9.66 Å². The Morgan fingerprint density at radius 3 is 2.80 bits per heavy atom. The lowest BCUT2D eigenvalue weighted by molar-refractivity contribution is 0.952. The normalized spacial score (nSPS) is 9.60. The molecule has 0 bridgehead atoms. The van der Waals surface area contributed by atoms with Crippen LogP contribution in [0.5, 0.6) is 0 Å². The van der Waals surface area contributed by atoms with Gasteiger partial charge in [-0.2, -0.15) is 5.26 Å². The molecule has 0 atom stereocenters. The molecule has 2 heterocycles. The summed E-state index contributed by atoms with van der Waals surface area (Å²) in [6.45, 7) is 0. The van der Waals surface area contributed by atoms with Gasteiger partial charge in [0, 0.05) is 18.6 Å². The summed E-state index contributed by atoms with van der Waals surface area (Å²) in [5.74, 6) is 0.465. The van der Waals surface area contributed by atoms with Gasteiger partial charge in [-0.25, -0.2) is 4.98 Å². The zero-order valence-electron chi connectivity index (χ0n) is 7.68. The van der Waals surface area contributed by atoms with E-state index in [2.05, 4.69) is 10.4 Å². The van der Waals surface area contributed by atoms with Crippen LogP contribution < -0.4 is 5.43 Å². The fourth-order valence-corrected chi connectivity index (χ4v) is 1.34. The molecule has 15 heavy (non-hydrogen) atoms. The average molecular weight is 219 g/mol. The number of rotatable bonds is 2. The third-order valence-corrected chi connectivity index (χ3v) is 2.23. The van der Waals surface area contributed by atoms with Crippen LogP contribution in [0.1, 0.15) is 5.56 Å². The highest BCUT2D eigenvalue weighted by Crippen LogP contribution is 2.22. The van der Waals surface area contributed by atoms with E-state index >= 15 is 0 Å². The lowest BCUT2D eigenvalue weighted by atomic mass is 10.3. The van der Waals surface area contributed by atoms with Crippen LogP contribution in [0.25, 0.3) is 0 Å². The van der Waals surface area contributed by atoms with Crippen LogP contribution in [0.15, 0.2) is 36.8 Å². The monoisotopic (exact) mass is 218 g/mol. The largest absolute Gasteiger partial charge is 0.277 e. The average Bonchev–Trinajstić information content (AvgIpc) is 2.74. The molecule has 1 N–H and O–H groups in total. The van der Waals surface area contributed by atoms with E-state index in [4.69, 9.17) is 16.9 Å². The first-order chi connectivity index (χ1) is 7.31. The number of nitriles is 1. The molecule has 2 rings (SSSR count). The van der Waals surface area contributed by atoms with E-state index < -0.39 is 0 Å². The number of pyridine rings is 1. The third kappa shape index (κ3) is 1.92. The summed E-state index contributed by atoms with van der Waals surface area (Å²) in [5, 5.41) is 9.10. The fraction of sp³-hybridized carbons (Fsp3) is 0. The van der Waals surface area contributed by atoms with Gasteiger partial charge >= 0.3 is 0 Å². The molecule has 0 aliphatic rings. The van der Waals surface area contributed by atoms with E-state index in [1.807, 2.05) is 30.6 Å². The number of halogens is 1. The van der Waals surface area contributed by atoms with Gasteiger partial charge < -0.3 is 0 Å². The smallest absolute Gasteiger partial charge is 0.165 e. The maximum absolute atomic E-state index is 8.77. The topological polar surface area (TPSA) is 53.6 Å². The van der Waals surface area contributed by atoms with E-state index in [0.717, 1.165) is 0 Å². The van der Waals surface area contributed by atoms with Crippen LogP contribution in [0.3, 0.4) is 0 Å². The number of hydrogen-bond donors (Lipinski definition) is 1. The van der Waals surface area contributed by atoms with Gasteiger partial charge in [0.1, 0.15) is 11.1 Å². The molecule has 2 aromatic rings. The molecule has 0 radical (unpaired) electrons. The van der Waals surface area contributed by atoms with Gasteiger partial charge in [-0.05, 0) is 18.2 Å². The van der Waals surface area contributed by atoms with Crippen LogP contribution >= 0.6 is 11.6 Å². The highest BCUT2D eigenvalue weighted by atomic mass is 35.5. The molecule has 0 fully saturated rings. The standard InChI is InChI=1S/C10H7ClN4/c11-9-8(7-12)3-4-13-10(9)14-15-5-1-2-6-15/h1-6H,(H,13,14). The Hall–Kier alpha value is -1.99. The van der Waals surface area contributed by atoms with Crippen molar-refractivity contribution in [3.8, 4) is 6.07 Å². The maximum Gasteiger partial charge on any atom is 0.165 e. The van der Waals surface area contributed by atoms with Crippen LogP contribution in [0, 0.1) is 11.3 Å². The number of nitrogens with zero attached hydrogens (tertiary/aromatic N) is 3. The quantitative estimate of drug-likeness (QED) is 0.842. The summed E-state index contributed by atoms with van der Waals surface area (Å²) in [7, 11) is 0. The summed E-state index contributed by atoms with van der Waals surface area (Å²) in [5.41, 5.74) is 3.35. The van der Waals surface area contributed by atoms with Gasteiger partial charge in [-0.15, -0.1) is 0 Å². The molecule has 2 aromatic heterocycles. The third-order valence-electron chi connectivity index (χ3n) is 1.85. The van der Waals surface area contributed by atoms with Crippen molar-refractivity contribution in [3.05, 3.63) is 47.4 Å². The predicted octanol–water partition coefficient (Wildman–Crippen LogP) is 2.28. The number of aromatic nitrogens is 2. The molecule has 0 aliphatic heterocycles. The van der Waals surface area contributed by atoms with Crippen molar-refractivity contribution in [3.63, 3.8) is 0 Å². The Kier molecular flexibility index (Phi) is 2.57. The summed E-state index contributed by atoms with van der Waals surface area (Å²) in [6.07, 6.45) is 5.17. The molecule has 0 unspecified atom stereocenters. The van der Waals surface area contributed by atoms with Crippen molar-refractivity contribution in [2.45, 2.75) is 0 Å². The van der Waals surface area contributed by atoms with Gasteiger partial charge in [0.15, 0.2) is 5.82 Å². The Morgan fingerprint density at radius 1 is 1.40 bits per heavy atom. The second kappa shape index (κ2) is 4.03. The van der Waals surface area contributed by atoms with Crippen molar-refractivity contribution < 1.29 is 0 Å². The van der Waals surface area contributed by atoms with Crippen molar-refractivity contribution in [2.75, 3.05) is 5.43 Å². The first-order valence-corrected chi connectivity index (χ1v) is 4.63. The molecule has 4 nitrogen and oxygen atoms in total. The van der Waals surface area contributed by atoms with E-state index in [1.54, 1.807) is 10.7 Å². The highest BCUT2D eigenvalue weighted by molar-refractivity contribution is 6.34. The van der Waals surface area contributed by atoms with E-state index in [-0.39, 0.29) is 0 Å². The van der Waals surface area contributed by atoms with E-state index in [1.165, 1.54) is 6.20 Å². The molecule has 0 aromatic carbocycles. The SMILES string of the molecule is N#Cc1ccnc(Nn2cccc2)c1Cl. The van der Waals surface area contributed by atoms with Crippen molar-refractivity contribution in [1.82, 2.24) is 9.66 Å². The Morgan fingerprint density at radius 2 is 2.13 bits per heavy atom. The minimum atomic E-state index is 0.328. The predicted molar refractivity (Wildman–Crippen MR) is 57.4 cm³/mol. The molecule has 0 spiro atoms. The highest BCUT2D eigenvalue weighted by Gasteiger charge is 2.06. The first-order valence-electron chi connectivity index (χ1n) is 4.26. The van der Waals surface area contributed by atoms with Gasteiger partial charge in [-0.1, -0.05) is 11.6 Å². The fourth-order valence-electron chi connectivity index (χ4n) is 1.14. The van der Waals surface area contributed by atoms with Gasteiger partial charge in [0.2, 0.25) is 0 Å². The molecular weight excluding hydrogens is 212 g/mol. The summed E-state index contributed by atoms with van der Waals surface area (Å²) < 4.78 is 1.70. The molecule has 0 amide bonds. The summed E-state index contributed by atoms with van der Waals surface area (Å²) in [6, 6.07) is 7.31. The van der Waals surface area contributed by atoms with Crippen molar-refractivity contribution in [2.24, 2.45) is 0 Å². The summed E-state index contributed by atoms with van der Waals surface area (Å²) in [4.78, 5) is 4.05. The van der Waals surface area contributed by atoms with Gasteiger partial charge in [0.25, 0.3) is 0 Å². The maximum atomic E-state index is 8.77. The lowest BCUT2D eigenvalue weighted by Gasteiger charge is -2.08. The number of hydrogen-bond acceptors (Lipinski definition) is 3. The van der Waals surface area contributed by atoms with Crippen LogP contribution in [0.4, 0.5) is 5.82 Å². The molecule has 0 aliphatic carbocycles. The Balaban J connectivity index is 2.34. The Bertz CT molecular complexity index is 499. The van der Waals surface area contributed by atoms with E-state index in [0.29, 0.717) is 16.4 Å². The minimum Gasteiger partial charge on any atom is -0.277 e. The van der Waals surface area contributed by atoms with Gasteiger partial charge in [0.05, 0.1) is 5.56 Å². The zero-order valence-corrected chi connectivity index (χ0v) is 8.44. The Labute approximate surface area is 91.7 Å². The number of anilines is 1. The van der Waals surface area contributed by atoms with Crippen molar-refractivity contribution >= 4 is 17.4 Å². The minimum absolute atomic E-state index is 0.328. The zero-order chi connectivity index (χ0) is 10.7. The van der Waals surface area contributed by atoms with Gasteiger partial charge in [-0.3, -0.25) is 10.1 Å². The second-order valence-corrected chi connectivity index (χ2v) is 3.21. The van der Waals surface area contributed by atoms with E-state index in [9.17, 15) is 0 Å². The van der Waals surface area contributed by atoms with Crippen LogP contribution in [0.2, 0.25) is 5.02 Å². The molecule has 0 saturated carbocycles. The summed E-state index contributed by atoms with van der Waals surface area (Å²) >= 11 is 5.96. The first kappa shape index (κ1) is 9.56. The molecule has 0 saturated heterocycles.